The Balaban J connectivity index is 2.96. The van der Waals surface area contributed by atoms with Crippen LogP contribution in [-0.4, -0.2) is 10.1 Å². The summed E-state index contributed by atoms with van der Waals surface area (Å²) in [5.41, 5.74) is 1.51. The second kappa shape index (κ2) is 3.49. The zero-order valence-electron chi connectivity index (χ0n) is 7.83. The zero-order chi connectivity index (χ0) is 9.14. The van der Waals surface area contributed by atoms with E-state index in [1.54, 1.807) is 6.07 Å². The summed E-state index contributed by atoms with van der Waals surface area (Å²) >= 11 is 0. The molecule has 1 aromatic rings. The molecule has 1 unspecified atom stereocenters. The molecule has 2 nitrogen and oxygen atoms in total. The van der Waals surface area contributed by atoms with E-state index in [1.807, 2.05) is 13.8 Å². The van der Waals surface area contributed by atoms with Gasteiger partial charge in [-0.05, 0) is 31.0 Å². The van der Waals surface area contributed by atoms with E-state index in [9.17, 15) is 5.11 Å². The highest BCUT2D eigenvalue weighted by molar-refractivity contribution is 5.15. The topological polar surface area (TPSA) is 33.1 Å². The summed E-state index contributed by atoms with van der Waals surface area (Å²) in [6.07, 6.45) is 1.64. The van der Waals surface area contributed by atoms with Gasteiger partial charge in [0.1, 0.15) is 0 Å². The van der Waals surface area contributed by atoms with Crippen LogP contribution in [0.25, 0.3) is 0 Å². The van der Waals surface area contributed by atoms with E-state index in [0.29, 0.717) is 18.2 Å². The Morgan fingerprint density at radius 1 is 1.82 bits per heavy atom. The minimum Gasteiger partial charge on any atom is -0.387 e. The number of rotatable bonds is 2. The van der Waals surface area contributed by atoms with Gasteiger partial charge < -0.3 is 5.11 Å². The maximum absolute atomic E-state index is 9.42. The van der Waals surface area contributed by atoms with Gasteiger partial charge in [0.25, 0.3) is 0 Å². The summed E-state index contributed by atoms with van der Waals surface area (Å²) in [7, 11) is 0. The van der Waals surface area contributed by atoms with Crippen LogP contribution in [0.4, 0.5) is 0 Å². The van der Waals surface area contributed by atoms with Crippen molar-refractivity contribution in [3.63, 3.8) is 0 Å². The van der Waals surface area contributed by atoms with Gasteiger partial charge in [-0.25, -0.2) is 0 Å². The van der Waals surface area contributed by atoms with Crippen molar-refractivity contribution in [3.05, 3.63) is 29.6 Å². The molecule has 0 radical (unpaired) electrons. The number of nitrogens with zero attached hydrogens (tertiary/aromatic N) is 1. The maximum Gasteiger partial charge on any atom is 0.0957 e. The normalized spacial score (nSPS) is 14.3. The van der Waals surface area contributed by atoms with E-state index < -0.39 is 6.10 Å². The van der Waals surface area contributed by atoms with Crippen LogP contribution >= 0.6 is 0 Å². The number of aryl methyl sites for hydroxylation is 1. The Morgan fingerprint density at radius 2 is 2.55 bits per heavy atom. The van der Waals surface area contributed by atoms with Crippen LogP contribution in [0.3, 0.4) is 0 Å². The first-order chi connectivity index (χ1) is 5.65. The molecule has 0 fully saturated rings. The zero-order valence-corrected chi connectivity index (χ0v) is 6.83. The van der Waals surface area contributed by atoms with Crippen molar-refractivity contribution in [2.75, 3.05) is 0 Å². The Kier molecular flexibility index (Phi) is 2.15. The van der Waals surface area contributed by atoms with Crippen LogP contribution in [0.5, 0.6) is 0 Å². The molecule has 1 atom stereocenters. The molecule has 0 aromatic carbocycles. The van der Waals surface area contributed by atoms with E-state index in [4.69, 9.17) is 1.37 Å². The fraction of sp³-hybridized carbons (Fsp3) is 0.444. The van der Waals surface area contributed by atoms with Crippen molar-refractivity contribution in [2.45, 2.75) is 26.4 Å². The highest BCUT2D eigenvalue weighted by Gasteiger charge is 2.04. The van der Waals surface area contributed by atoms with E-state index in [2.05, 4.69) is 4.98 Å². The lowest BCUT2D eigenvalue weighted by molar-refractivity contribution is 0.169. The third-order valence-corrected chi connectivity index (χ3v) is 1.60. The molecule has 1 heterocycles. The number of aliphatic hydroxyl groups excluding tert-OH is 1. The van der Waals surface area contributed by atoms with Gasteiger partial charge in [0.2, 0.25) is 0 Å². The first kappa shape index (κ1) is 6.80. The molecule has 0 amide bonds. The quantitative estimate of drug-likeness (QED) is 0.701. The van der Waals surface area contributed by atoms with Crippen LogP contribution in [-0.2, 0) is 0 Å². The lowest BCUT2D eigenvalue weighted by atomic mass is 10.1. The molecule has 0 bridgehead atoms. The fourth-order valence-corrected chi connectivity index (χ4v) is 0.901. The Bertz CT molecular complexity index is 275. The first-order valence-corrected chi connectivity index (χ1v) is 3.76. The molecule has 0 spiro atoms. The van der Waals surface area contributed by atoms with Gasteiger partial charge >= 0.3 is 0 Å². The van der Waals surface area contributed by atoms with Crippen molar-refractivity contribution in [2.24, 2.45) is 0 Å². The van der Waals surface area contributed by atoms with Gasteiger partial charge in [-0.15, -0.1) is 0 Å². The van der Waals surface area contributed by atoms with Gasteiger partial charge in [-0.1, -0.05) is 6.92 Å². The number of hydrogen-bond acceptors (Lipinski definition) is 2. The van der Waals surface area contributed by atoms with Gasteiger partial charge in [0.05, 0.1) is 13.2 Å². The van der Waals surface area contributed by atoms with E-state index in [0.717, 1.165) is 5.56 Å². The second-order valence-electron chi connectivity index (χ2n) is 2.58. The minimum absolute atomic E-state index is 0.419. The summed E-state index contributed by atoms with van der Waals surface area (Å²) in [5.74, 6) is 0. The molecule has 0 saturated carbocycles. The molecule has 60 valence electrons. The minimum atomic E-state index is -0.496. The van der Waals surface area contributed by atoms with E-state index in [1.165, 1.54) is 6.20 Å². The smallest absolute Gasteiger partial charge is 0.0957 e. The SMILES string of the molecule is [2H]c1cnc(C(O)CC)cc1C. The molecule has 1 N–H and O–H groups in total. The van der Waals surface area contributed by atoms with Gasteiger partial charge in [-0.2, -0.15) is 0 Å². The summed E-state index contributed by atoms with van der Waals surface area (Å²) < 4.78 is 7.37. The summed E-state index contributed by atoms with van der Waals surface area (Å²) in [4.78, 5) is 3.97. The van der Waals surface area contributed by atoms with Crippen LogP contribution in [0, 0.1) is 6.92 Å². The summed E-state index contributed by atoms with van der Waals surface area (Å²) in [6, 6.07) is 2.18. The summed E-state index contributed by atoms with van der Waals surface area (Å²) in [6.45, 7) is 3.74. The molecule has 0 aliphatic heterocycles. The first-order valence-electron chi connectivity index (χ1n) is 4.26. The van der Waals surface area contributed by atoms with Crippen LogP contribution in [0.2, 0.25) is 0 Å². The van der Waals surface area contributed by atoms with Crippen molar-refractivity contribution >= 4 is 0 Å². The number of hydrogen-bond donors (Lipinski definition) is 1. The molecule has 11 heavy (non-hydrogen) atoms. The molecule has 1 rings (SSSR count). The molecule has 2 heteroatoms. The Morgan fingerprint density at radius 3 is 3.09 bits per heavy atom. The van der Waals surface area contributed by atoms with Crippen LogP contribution in [0.1, 0.15) is 32.1 Å². The van der Waals surface area contributed by atoms with Crippen LogP contribution < -0.4 is 0 Å². The maximum atomic E-state index is 9.42. The standard InChI is InChI=1S/C9H13NO/c1-3-9(11)8-6-7(2)4-5-10-8/h4-6,9,11H,3H2,1-2H3/i4D. The third-order valence-electron chi connectivity index (χ3n) is 1.60. The van der Waals surface area contributed by atoms with Gasteiger partial charge in [0, 0.05) is 6.20 Å². The van der Waals surface area contributed by atoms with Crippen molar-refractivity contribution in [1.82, 2.24) is 4.98 Å². The molecule has 0 aliphatic carbocycles. The monoisotopic (exact) mass is 152 g/mol. The molecular formula is C9H13NO. The number of aliphatic hydroxyl groups is 1. The average molecular weight is 152 g/mol. The highest BCUT2D eigenvalue weighted by atomic mass is 16.3. The third kappa shape index (κ3) is 2.02. The lowest BCUT2D eigenvalue weighted by Gasteiger charge is -2.06. The highest BCUT2D eigenvalue weighted by Crippen LogP contribution is 2.13. The molecular weight excluding hydrogens is 138 g/mol. The molecule has 0 saturated heterocycles. The predicted octanol–water partition coefficient (Wildman–Crippen LogP) is 1.83. The van der Waals surface area contributed by atoms with E-state index in [-0.39, 0.29) is 0 Å². The lowest BCUT2D eigenvalue weighted by Crippen LogP contribution is -1.98. The summed E-state index contributed by atoms with van der Waals surface area (Å²) in [5, 5.41) is 9.42. The second-order valence-corrected chi connectivity index (χ2v) is 2.58. The van der Waals surface area contributed by atoms with Crippen LogP contribution in [0.15, 0.2) is 18.3 Å². The number of pyridine rings is 1. The Labute approximate surface area is 68.3 Å². The van der Waals surface area contributed by atoms with E-state index >= 15 is 0 Å². The predicted molar refractivity (Wildman–Crippen MR) is 44.2 cm³/mol. The van der Waals surface area contributed by atoms with Gasteiger partial charge in [-0.3, -0.25) is 4.98 Å². The van der Waals surface area contributed by atoms with Crippen molar-refractivity contribution < 1.29 is 6.48 Å². The molecule has 1 aromatic heterocycles. The van der Waals surface area contributed by atoms with Crippen molar-refractivity contribution in [3.8, 4) is 0 Å². The largest absolute Gasteiger partial charge is 0.387 e. The Hall–Kier alpha value is -0.890. The fourth-order valence-electron chi connectivity index (χ4n) is 0.901. The molecule has 0 aliphatic rings. The number of aromatic nitrogens is 1. The average Bonchev–Trinajstić information content (AvgIpc) is 2.08. The van der Waals surface area contributed by atoms with Crippen molar-refractivity contribution in [1.29, 1.82) is 0 Å². The van der Waals surface area contributed by atoms with Gasteiger partial charge in [0.15, 0.2) is 0 Å².